The SMILES string of the molecule is CCOc1ccc2nnc(CNC(=O)c3sc(C)nc3C)n2n1. The highest BCUT2D eigenvalue weighted by Crippen LogP contribution is 2.17. The summed E-state index contributed by atoms with van der Waals surface area (Å²) in [6.07, 6.45) is 0. The molecule has 120 valence electrons. The van der Waals surface area contributed by atoms with E-state index >= 15 is 0 Å². The van der Waals surface area contributed by atoms with E-state index in [4.69, 9.17) is 4.74 Å². The molecule has 9 heteroatoms. The van der Waals surface area contributed by atoms with Crippen LogP contribution in [0.1, 0.15) is 33.1 Å². The van der Waals surface area contributed by atoms with Crippen LogP contribution in [0.2, 0.25) is 0 Å². The van der Waals surface area contributed by atoms with E-state index in [2.05, 4.69) is 25.6 Å². The molecule has 0 aliphatic heterocycles. The van der Waals surface area contributed by atoms with E-state index in [0.29, 0.717) is 28.8 Å². The van der Waals surface area contributed by atoms with Gasteiger partial charge in [0.2, 0.25) is 5.88 Å². The monoisotopic (exact) mass is 332 g/mol. The molecular formula is C14H16N6O2S. The highest BCUT2D eigenvalue weighted by atomic mass is 32.1. The van der Waals surface area contributed by atoms with Crippen LogP contribution in [-0.4, -0.2) is 37.3 Å². The third-order valence-corrected chi connectivity index (χ3v) is 4.18. The fourth-order valence-electron chi connectivity index (χ4n) is 2.13. The van der Waals surface area contributed by atoms with Gasteiger partial charge < -0.3 is 10.1 Å². The molecule has 0 aliphatic rings. The van der Waals surface area contributed by atoms with Crippen LogP contribution in [0.15, 0.2) is 12.1 Å². The maximum atomic E-state index is 12.2. The van der Waals surface area contributed by atoms with Crippen LogP contribution in [0, 0.1) is 13.8 Å². The Bertz CT molecular complexity index is 856. The Hall–Kier alpha value is -2.55. The van der Waals surface area contributed by atoms with Gasteiger partial charge in [-0.25, -0.2) is 4.98 Å². The smallest absolute Gasteiger partial charge is 0.263 e. The van der Waals surface area contributed by atoms with Crippen LogP contribution in [0.25, 0.3) is 5.65 Å². The van der Waals surface area contributed by atoms with Gasteiger partial charge in [-0.2, -0.15) is 4.52 Å². The van der Waals surface area contributed by atoms with Gasteiger partial charge in [0.05, 0.1) is 23.9 Å². The van der Waals surface area contributed by atoms with E-state index in [0.717, 1.165) is 10.7 Å². The molecule has 0 aliphatic carbocycles. The van der Waals surface area contributed by atoms with Crippen molar-refractivity contribution in [2.75, 3.05) is 6.61 Å². The van der Waals surface area contributed by atoms with Crippen molar-refractivity contribution in [2.45, 2.75) is 27.3 Å². The lowest BCUT2D eigenvalue weighted by atomic mass is 10.3. The third kappa shape index (κ3) is 3.14. The molecule has 0 aromatic carbocycles. The molecule has 0 fully saturated rings. The van der Waals surface area contributed by atoms with Crippen molar-refractivity contribution in [1.29, 1.82) is 0 Å². The maximum Gasteiger partial charge on any atom is 0.263 e. The van der Waals surface area contributed by atoms with E-state index < -0.39 is 0 Å². The summed E-state index contributed by atoms with van der Waals surface area (Å²) >= 11 is 1.37. The van der Waals surface area contributed by atoms with Crippen LogP contribution in [0.5, 0.6) is 5.88 Å². The number of aromatic nitrogens is 5. The van der Waals surface area contributed by atoms with Crippen LogP contribution in [0.3, 0.4) is 0 Å². The Morgan fingerprint density at radius 1 is 1.35 bits per heavy atom. The van der Waals surface area contributed by atoms with Crippen molar-refractivity contribution in [1.82, 2.24) is 30.1 Å². The average Bonchev–Trinajstić information content (AvgIpc) is 3.08. The van der Waals surface area contributed by atoms with Gasteiger partial charge in [0.25, 0.3) is 5.91 Å². The number of hydrogen-bond acceptors (Lipinski definition) is 7. The van der Waals surface area contributed by atoms with Crippen molar-refractivity contribution < 1.29 is 9.53 Å². The summed E-state index contributed by atoms with van der Waals surface area (Å²) in [5.74, 6) is 0.848. The molecule has 3 heterocycles. The lowest BCUT2D eigenvalue weighted by Crippen LogP contribution is -2.24. The molecule has 0 unspecified atom stereocenters. The molecule has 3 aromatic rings. The number of ether oxygens (including phenoxy) is 1. The summed E-state index contributed by atoms with van der Waals surface area (Å²) < 4.78 is 6.94. The Morgan fingerprint density at radius 3 is 2.87 bits per heavy atom. The van der Waals surface area contributed by atoms with E-state index in [1.807, 2.05) is 20.8 Å². The second-order valence-electron chi connectivity index (χ2n) is 4.82. The molecule has 0 spiro atoms. The number of amides is 1. The number of fused-ring (bicyclic) bond motifs is 1. The first kappa shape index (κ1) is 15.3. The topological polar surface area (TPSA) is 94.3 Å². The largest absolute Gasteiger partial charge is 0.477 e. The fraction of sp³-hybridized carbons (Fsp3) is 0.357. The fourth-order valence-corrected chi connectivity index (χ4v) is 2.97. The summed E-state index contributed by atoms with van der Waals surface area (Å²) in [6.45, 7) is 6.33. The van der Waals surface area contributed by atoms with Crippen LogP contribution in [-0.2, 0) is 6.54 Å². The molecule has 3 rings (SSSR count). The van der Waals surface area contributed by atoms with E-state index in [-0.39, 0.29) is 12.5 Å². The minimum atomic E-state index is -0.175. The lowest BCUT2D eigenvalue weighted by molar-refractivity contribution is 0.0953. The summed E-state index contributed by atoms with van der Waals surface area (Å²) in [5.41, 5.74) is 1.33. The average molecular weight is 332 g/mol. The van der Waals surface area contributed by atoms with Gasteiger partial charge in [-0.3, -0.25) is 4.79 Å². The number of thiazole rings is 1. The summed E-state index contributed by atoms with van der Waals surface area (Å²) in [5, 5.41) is 16.1. The number of nitrogens with one attached hydrogen (secondary N) is 1. The van der Waals surface area contributed by atoms with Gasteiger partial charge >= 0.3 is 0 Å². The zero-order chi connectivity index (χ0) is 16.4. The van der Waals surface area contributed by atoms with Crippen molar-refractivity contribution in [3.63, 3.8) is 0 Å². The molecule has 23 heavy (non-hydrogen) atoms. The van der Waals surface area contributed by atoms with Crippen molar-refractivity contribution in [2.24, 2.45) is 0 Å². The van der Waals surface area contributed by atoms with Crippen LogP contribution >= 0.6 is 11.3 Å². The molecule has 1 amide bonds. The highest BCUT2D eigenvalue weighted by Gasteiger charge is 2.15. The Balaban J connectivity index is 1.77. The summed E-state index contributed by atoms with van der Waals surface area (Å²) in [4.78, 5) is 17.1. The normalized spacial score (nSPS) is 10.9. The Kier molecular flexibility index (Phi) is 4.20. The molecule has 3 aromatic heterocycles. The lowest BCUT2D eigenvalue weighted by Gasteiger charge is -2.04. The van der Waals surface area contributed by atoms with Gasteiger partial charge in [-0.05, 0) is 26.8 Å². The van der Waals surface area contributed by atoms with Gasteiger partial charge in [-0.1, -0.05) is 0 Å². The van der Waals surface area contributed by atoms with Gasteiger partial charge in [0, 0.05) is 6.07 Å². The first-order valence-electron chi connectivity index (χ1n) is 7.15. The molecule has 8 nitrogen and oxygen atoms in total. The highest BCUT2D eigenvalue weighted by molar-refractivity contribution is 7.13. The van der Waals surface area contributed by atoms with Crippen LogP contribution in [0.4, 0.5) is 0 Å². The second kappa shape index (κ2) is 6.29. The quantitative estimate of drug-likeness (QED) is 0.761. The molecule has 0 saturated carbocycles. The Morgan fingerprint density at radius 2 is 2.17 bits per heavy atom. The minimum absolute atomic E-state index is 0.175. The predicted molar refractivity (Wildman–Crippen MR) is 84.7 cm³/mol. The van der Waals surface area contributed by atoms with E-state index in [1.165, 1.54) is 11.3 Å². The molecule has 0 radical (unpaired) electrons. The van der Waals surface area contributed by atoms with Gasteiger partial charge in [0.1, 0.15) is 4.88 Å². The third-order valence-electron chi connectivity index (χ3n) is 3.11. The standard InChI is InChI=1S/C14H16N6O2S/c1-4-22-12-6-5-10-17-18-11(20(10)19-12)7-15-14(21)13-8(2)16-9(3)23-13/h5-6H,4,7H2,1-3H3,(H,15,21). The minimum Gasteiger partial charge on any atom is -0.477 e. The van der Waals surface area contributed by atoms with Crippen molar-refractivity contribution in [3.8, 4) is 5.88 Å². The second-order valence-corrected chi connectivity index (χ2v) is 6.02. The molecule has 0 atom stereocenters. The summed E-state index contributed by atoms with van der Waals surface area (Å²) in [7, 11) is 0. The molecule has 0 bridgehead atoms. The first-order chi connectivity index (χ1) is 11.1. The Labute approximate surface area is 136 Å². The summed E-state index contributed by atoms with van der Waals surface area (Å²) in [6, 6.07) is 3.51. The molecule has 1 N–H and O–H groups in total. The van der Waals surface area contributed by atoms with Gasteiger partial charge in [-0.15, -0.1) is 26.6 Å². The van der Waals surface area contributed by atoms with E-state index in [9.17, 15) is 4.79 Å². The number of hydrogen-bond donors (Lipinski definition) is 1. The van der Waals surface area contributed by atoms with Crippen molar-refractivity contribution in [3.05, 3.63) is 33.5 Å². The number of carbonyl (C=O) groups is 1. The number of aryl methyl sites for hydroxylation is 2. The maximum absolute atomic E-state index is 12.2. The number of nitrogens with zero attached hydrogens (tertiary/aromatic N) is 5. The predicted octanol–water partition coefficient (Wildman–Crippen LogP) is 1.53. The molecule has 0 saturated heterocycles. The first-order valence-corrected chi connectivity index (χ1v) is 7.96. The zero-order valence-electron chi connectivity index (χ0n) is 13.0. The molecular weight excluding hydrogens is 316 g/mol. The zero-order valence-corrected chi connectivity index (χ0v) is 13.8. The number of carbonyl (C=O) groups excluding carboxylic acids is 1. The number of rotatable bonds is 5. The van der Waals surface area contributed by atoms with Gasteiger partial charge in [0.15, 0.2) is 11.5 Å². The van der Waals surface area contributed by atoms with E-state index in [1.54, 1.807) is 16.6 Å². The van der Waals surface area contributed by atoms with Crippen LogP contribution < -0.4 is 10.1 Å². The van der Waals surface area contributed by atoms with Crippen molar-refractivity contribution >= 4 is 22.9 Å².